The molecule has 0 bridgehead atoms. The number of thioether (sulfide) groups is 1. The molecule has 3 heteroatoms. The SMILES string of the molecule is CC(CC(=O)C=P(c1ccccc1)(c1ccccc1)c1ccccc1)Sc1ccccc1. The number of hydrogen-bond donors (Lipinski definition) is 0. The molecule has 1 unspecified atom stereocenters. The van der Waals surface area contributed by atoms with Gasteiger partial charge in [-0.25, -0.2) is 0 Å². The van der Waals surface area contributed by atoms with E-state index in [1.165, 1.54) is 20.8 Å². The molecule has 160 valence electrons. The lowest BCUT2D eigenvalue weighted by atomic mass is 10.2. The Bertz CT molecular complexity index is 1090. The summed E-state index contributed by atoms with van der Waals surface area (Å²) in [6.07, 6.45) is 0.508. The number of rotatable bonds is 8. The van der Waals surface area contributed by atoms with Crippen LogP contribution >= 0.6 is 18.6 Å². The smallest absolute Gasteiger partial charge is 0.157 e. The van der Waals surface area contributed by atoms with Gasteiger partial charge in [-0.3, -0.25) is 4.79 Å². The predicted molar refractivity (Wildman–Crippen MR) is 143 cm³/mol. The maximum atomic E-state index is 13.5. The average molecular weight is 455 g/mol. The van der Waals surface area contributed by atoms with E-state index in [-0.39, 0.29) is 11.0 Å². The van der Waals surface area contributed by atoms with Crippen molar-refractivity contribution in [3.05, 3.63) is 121 Å². The summed E-state index contributed by atoms with van der Waals surface area (Å²) >= 11 is 1.76. The van der Waals surface area contributed by atoms with E-state index >= 15 is 0 Å². The van der Waals surface area contributed by atoms with Gasteiger partial charge in [-0.05, 0) is 40.7 Å². The highest BCUT2D eigenvalue weighted by molar-refractivity contribution is 8.00. The first-order chi connectivity index (χ1) is 15.7. The quantitative estimate of drug-likeness (QED) is 0.243. The molecule has 4 rings (SSSR count). The molecule has 0 radical (unpaired) electrons. The molecule has 0 saturated heterocycles. The molecule has 4 aromatic carbocycles. The summed E-state index contributed by atoms with van der Waals surface area (Å²) in [6, 6.07) is 41.8. The Labute approximate surface area is 195 Å². The van der Waals surface area contributed by atoms with Gasteiger partial charge < -0.3 is 0 Å². The van der Waals surface area contributed by atoms with Crippen molar-refractivity contribution >= 4 is 46.1 Å². The maximum absolute atomic E-state index is 13.5. The summed E-state index contributed by atoms with van der Waals surface area (Å²) in [6.45, 7) is -0.0959. The Morgan fingerprint density at radius 3 is 1.47 bits per heavy atom. The molecule has 0 saturated carbocycles. The summed E-state index contributed by atoms with van der Waals surface area (Å²) in [5.41, 5.74) is 0. The highest BCUT2D eigenvalue weighted by Gasteiger charge is 2.26. The average Bonchev–Trinajstić information content (AvgIpc) is 2.85. The summed E-state index contributed by atoms with van der Waals surface area (Å²) in [7, 11) is 0. The van der Waals surface area contributed by atoms with Crippen LogP contribution in [0.4, 0.5) is 0 Å². The number of carbonyl (C=O) groups is 1. The second-order valence-electron chi connectivity index (χ2n) is 7.77. The molecule has 0 heterocycles. The maximum Gasteiger partial charge on any atom is 0.157 e. The van der Waals surface area contributed by atoms with E-state index < -0.39 is 6.89 Å². The second-order valence-corrected chi connectivity index (χ2v) is 12.5. The minimum absolute atomic E-state index is 0.199. The molecule has 1 atom stereocenters. The van der Waals surface area contributed by atoms with Crippen LogP contribution < -0.4 is 15.9 Å². The van der Waals surface area contributed by atoms with Crippen molar-refractivity contribution in [2.75, 3.05) is 0 Å². The molecule has 0 aliphatic heterocycles. The zero-order valence-corrected chi connectivity index (χ0v) is 19.9. The first kappa shape index (κ1) is 22.4. The molecule has 0 fully saturated rings. The molecule has 0 N–H and O–H groups in total. The topological polar surface area (TPSA) is 17.1 Å². The van der Waals surface area contributed by atoms with Crippen LogP contribution in [0.1, 0.15) is 13.3 Å². The van der Waals surface area contributed by atoms with Gasteiger partial charge in [0.1, 0.15) is 0 Å². The van der Waals surface area contributed by atoms with E-state index in [4.69, 9.17) is 0 Å². The Kier molecular flexibility index (Phi) is 7.47. The fourth-order valence-electron chi connectivity index (χ4n) is 3.99. The number of ketones is 1. The number of hydrogen-bond acceptors (Lipinski definition) is 2. The predicted octanol–water partition coefficient (Wildman–Crippen LogP) is 5.92. The van der Waals surface area contributed by atoms with Crippen molar-refractivity contribution in [2.24, 2.45) is 0 Å². The van der Waals surface area contributed by atoms with Crippen molar-refractivity contribution in [3.8, 4) is 0 Å². The zero-order chi connectivity index (χ0) is 22.2. The van der Waals surface area contributed by atoms with Gasteiger partial charge in [0, 0.05) is 16.6 Å². The van der Waals surface area contributed by atoms with Crippen LogP contribution in [0.5, 0.6) is 0 Å². The normalized spacial score (nSPS) is 12.2. The molecule has 0 aliphatic carbocycles. The molecule has 0 aliphatic rings. The van der Waals surface area contributed by atoms with Crippen LogP contribution in [0.15, 0.2) is 126 Å². The third-order valence-corrected chi connectivity index (χ3v) is 10.5. The number of carbonyl (C=O) groups excluding carboxylic acids is 1. The van der Waals surface area contributed by atoms with Crippen LogP contribution in [0.25, 0.3) is 0 Å². The monoisotopic (exact) mass is 454 g/mol. The fourth-order valence-corrected chi connectivity index (χ4v) is 8.82. The van der Waals surface area contributed by atoms with Crippen LogP contribution in [-0.2, 0) is 4.79 Å². The standard InChI is InChI=1S/C29H27OPS/c1-24(32-29-20-12-5-13-21-29)22-25(30)23-31(26-14-6-2-7-15-26,27-16-8-3-9-17-27)28-18-10-4-11-19-28/h2-21,23-24H,22H2,1H3. The summed E-state index contributed by atoms with van der Waals surface area (Å²) < 4.78 is 0. The van der Waals surface area contributed by atoms with Gasteiger partial charge in [-0.15, -0.1) is 11.8 Å². The Morgan fingerprint density at radius 1 is 0.688 bits per heavy atom. The van der Waals surface area contributed by atoms with Gasteiger partial charge in [-0.2, -0.15) is 0 Å². The molecule has 0 amide bonds. The molecule has 32 heavy (non-hydrogen) atoms. The number of benzene rings is 4. The Balaban J connectivity index is 1.80. The first-order valence-corrected chi connectivity index (χ1v) is 13.6. The minimum Gasteiger partial charge on any atom is -0.295 e. The first-order valence-electron chi connectivity index (χ1n) is 10.8. The lowest BCUT2D eigenvalue weighted by Gasteiger charge is -2.28. The largest absolute Gasteiger partial charge is 0.295 e. The Hall–Kier alpha value is -2.80. The highest BCUT2D eigenvalue weighted by atomic mass is 32.2. The molecule has 0 spiro atoms. The summed E-state index contributed by atoms with van der Waals surface area (Å²) in [5, 5.41) is 3.81. The van der Waals surface area contributed by atoms with Gasteiger partial charge in [0.2, 0.25) is 0 Å². The lowest BCUT2D eigenvalue weighted by molar-refractivity contribution is -0.112. The van der Waals surface area contributed by atoms with E-state index in [2.05, 4.69) is 97.6 Å². The molecular formula is C29H27OPS. The van der Waals surface area contributed by atoms with E-state index in [1.807, 2.05) is 36.4 Å². The van der Waals surface area contributed by atoms with Crippen LogP contribution in [0.3, 0.4) is 0 Å². The highest BCUT2D eigenvalue weighted by Crippen LogP contribution is 2.43. The molecule has 0 aromatic heterocycles. The van der Waals surface area contributed by atoms with Crippen molar-refractivity contribution in [3.63, 3.8) is 0 Å². The van der Waals surface area contributed by atoms with E-state index in [0.29, 0.717) is 6.42 Å². The second kappa shape index (κ2) is 10.7. The fraction of sp³-hybridized carbons (Fsp3) is 0.103. The van der Waals surface area contributed by atoms with E-state index in [9.17, 15) is 4.79 Å². The van der Waals surface area contributed by atoms with Gasteiger partial charge in [0.15, 0.2) is 5.78 Å². The zero-order valence-electron chi connectivity index (χ0n) is 18.2. The lowest BCUT2D eigenvalue weighted by Crippen LogP contribution is -2.29. The van der Waals surface area contributed by atoms with Crippen molar-refractivity contribution < 1.29 is 4.79 Å². The third kappa shape index (κ3) is 5.15. The third-order valence-electron chi connectivity index (χ3n) is 5.40. The molecule has 1 nitrogen and oxygen atoms in total. The molecule has 4 aromatic rings. The summed E-state index contributed by atoms with van der Waals surface area (Å²) in [4.78, 5) is 14.7. The van der Waals surface area contributed by atoms with Crippen LogP contribution in [0, 0.1) is 0 Å². The molecular weight excluding hydrogens is 427 g/mol. The summed E-state index contributed by atoms with van der Waals surface area (Å²) in [5.74, 6) is 2.25. The van der Waals surface area contributed by atoms with Crippen molar-refractivity contribution in [2.45, 2.75) is 23.5 Å². The van der Waals surface area contributed by atoms with Crippen LogP contribution in [0.2, 0.25) is 0 Å². The van der Waals surface area contributed by atoms with Gasteiger partial charge in [-0.1, -0.05) is 116 Å². The van der Waals surface area contributed by atoms with Crippen molar-refractivity contribution in [1.82, 2.24) is 0 Å². The van der Waals surface area contributed by atoms with E-state index in [1.54, 1.807) is 11.8 Å². The van der Waals surface area contributed by atoms with E-state index in [0.717, 1.165) is 0 Å². The van der Waals surface area contributed by atoms with Gasteiger partial charge >= 0.3 is 0 Å². The Morgan fingerprint density at radius 2 is 1.06 bits per heavy atom. The minimum atomic E-state index is -2.23. The number of Topliss-reactive ketones (excluding diaryl/α,β-unsaturated/α-hetero) is 1. The van der Waals surface area contributed by atoms with Crippen molar-refractivity contribution in [1.29, 1.82) is 0 Å². The van der Waals surface area contributed by atoms with Crippen LogP contribution in [-0.4, -0.2) is 16.8 Å². The van der Waals surface area contributed by atoms with Gasteiger partial charge in [0.25, 0.3) is 0 Å². The van der Waals surface area contributed by atoms with Gasteiger partial charge in [0.05, 0.1) is 0 Å².